The first-order valence-electron chi connectivity index (χ1n) is 6.22. The van der Waals surface area contributed by atoms with E-state index < -0.39 is 17.5 Å². The van der Waals surface area contributed by atoms with E-state index in [0.29, 0.717) is 11.3 Å². The van der Waals surface area contributed by atoms with Gasteiger partial charge in [-0.1, -0.05) is 6.07 Å². The van der Waals surface area contributed by atoms with Crippen LogP contribution >= 0.6 is 0 Å². The fourth-order valence-corrected chi connectivity index (χ4v) is 1.87. The minimum Gasteiger partial charge on any atom is -0.315 e. The Morgan fingerprint density at radius 1 is 1.14 bits per heavy atom. The molecule has 0 heterocycles. The van der Waals surface area contributed by atoms with E-state index in [-0.39, 0.29) is 12.0 Å². The second-order valence-electron chi connectivity index (χ2n) is 4.49. The molecule has 2 aromatic carbocycles. The number of likely N-dealkylation sites (N-methyl/N-ethyl adjacent to an activating group) is 1. The van der Waals surface area contributed by atoms with Gasteiger partial charge in [0.1, 0.15) is 11.6 Å². The normalized spacial score (nSPS) is 10.0. The minimum atomic E-state index is -0.739. The van der Waals surface area contributed by atoms with Gasteiger partial charge in [-0.05, 0) is 36.4 Å². The Kier molecular flexibility index (Phi) is 4.29. The predicted molar refractivity (Wildman–Crippen MR) is 74.6 cm³/mol. The fraction of sp³-hybridized carbons (Fsp3) is 0.125. The molecule has 0 unspecified atom stereocenters. The summed E-state index contributed by atoms with van der Waals surface area (Å²) in [5.41, 5.74) is 0.776. The number of rotatable bonds is 3. The molecule has 2 aromatic rings. The van der Waals surface area contributed by atoms with Crippen LogP contribution in [0, 0.1) is 23.0 Å². The summed E-state index contributed by atoms with van der Waals surface area (Å²) in [5, 5.41) is 8.72. The zero-order valence-electron chi connectivity index (χ0n) is 11.3. The van der Waals surface area contributed by atoms with Gasteiger partial charge in [0.15, 0.2) is 0 Å². The summed E-state index contributed by atoms with van der Waals surface area (Å²) in [6, 6.07) is 11.8. The van der Waals surface area contributed by atoms with Crippen molar-refractivity contribution in [3.63, 3.8) is 0 Å². The van der Waals surface area contributed by atoms with Crippen molar-refractivity contribution < 1.29 is 13.6 Å². The third kappa shape index (κ3) is 3.23. The first kappa shape index (κ1) is 14.7. The lowest BCUT2D eigenvalue weighted by molar-refractivity contribution is -0.117. The standard InChI is InChI=1S/C16H12F2N2O/c1-20(12-7-5-11(10-19)6-8-12)16(21)9-13-14(17)3-2-4-15(13)18/h2-8H,9H2,1H3. The van der Waals surface area contributed by atoms with E-state index in [0.717, 1.165) is 12.1 Å². The smallest absolute Gasteiger partial charge is 0.231 e. The molecule has 0 spiro atoms. The van der Waals surface area contributed by atoms with Crippen LogP contribution in [0.2, 0.25) is 0 Å². The minimum absolute atomic E-state index is 0.247. The van der Waals surface area contributed by atoms with E-state index in [2.05, 4.69) is 0 Å². The van der Waals surface area contributed by atoms with Crippen molar-refractivity contribution in [2.75, 3.05) is 11.9 Å². The van der Waals surface area contributed by atoms with Crippen LogP contribution < -0.4 is 4.90 Å². The van der Waals surface area contributed by atoms with E-state index in [1.54, 1.807) is 24.3 Å². The molecule has 106 valence electrons. The number of hydrogen-bond donors (Lipinski definition) is 0. The maximum atomic E-state index is 13.5. The van der Waals surface area contributed by atoms with Crippen molar-refractivity contribution in [1.29, 1.82) is 5.26 Å². The molecule has 0 saturated carbocycles. The molecule has 0 saturated heterocycles. The molecule has 0 atom stereocenters. The van der Waals surface area contributed by atoms with Crippen LogP contribution in [0.25, 0.3) is 0 Å². The quantitative estimate of drug-likeness (QED) is 0.870. The van der Waals surface area contributed by atoms with Crippen LogP contribution in [0.15, 0.2) is 42.5 Å². The lowest BCUT2D eigenvalue weighted by Crippen LogP contribution is -2.28. The SMILES string of the molecule is CN(C(=O)Cc1c(F)cccc1F)c1ccc(C#N)cc1. The van der Waals surface area contributed by atoms with Gasteiger partial charge in [0, 0.05) is 18.3 Å². The summed E-state index contributed by atoms with van der Waals surface area (Å²) in [6.07, 6.45) is -0.366. The molecule has 0 radical (unpaired) electrons. The van der Waals surface area contributed by atoms with Gasteiger partial charge in [0.25, 0.3) is 0 Å². The van der Waals surface area contributed by atoms with Crippen LogP contribution in [0.3, 0.4) is 0 Å². The van der Waals surface area contributed by atoms with E-state index in [9.17, 15) is 13.6 Å². The van der Waals surface area contributed by atoms with E-state index in [4.69, 9.17) is 5.26 Å². The average molecular weight is 286 g/mol. The van der Waals surface area contributed by atoms with Gasteiger partial charge in [-0.3, -0.25) is 4.79 Å². The van der Waals surface area contributed by atoms with Crippen molar-refractivity contribution >= 4 is 11.6 Å². The Hall–Kier alpha value is -2.74. The number of carbonyl (C=O) groups is 1. The Balaban J connectivity index is 2.18. The Labute approximate surface area is 121 Å². The first-order valence-corrected chi connectivity index (χ1v) is 6.22. The van der Waals surface area contributed by atoms with Crippen LogP contribution in [-0.2, 0) is 11.2 Å². The molecule has 3 nitrogen and oxygen atoms in total. The predicted octanol–water partition coefficient (Wildman–Crippen LogP) is 3.04. The van der Waals surface area contributed by atoms with Crippen LogP contribution in [0.5, 0.6) is 0 Å². The Morgan fingerprint density at radius 3 is 2.24 bits per heavy atom. The van der Waals surface area contributed by atoms with E-state index in [1.807, 2.05) is 6.07 Å². The molecule has 0 aliphatic heterocycles. The van der Waals surface area contributed by atoms with Gasteiger partial charge in [0.05, 0.1) is 18.1 Å². The van der Waals surface area contributed by atoms with Crippen molar-refractivity contribution in [2.45, 2.75) is 6.42 Å². The summed E-state index contributed by atoms with van der Waals surface area (Å²) in [6.45, 7) is 0. The van der Waals surface area contributed by atoms with Crippen LogP contribution in [-0.4, -0.2) is 13.0 Å². The third-order valence-electron chi connectivity index (χ3n) is 3.15. The summed E-state index contributed by atoms with van der Waals surface area (Å²) >= 11 is 0. The summed E-state index contributed by atoms with van der Waals surface area (Å²) in [7, 11) is 1.52. The molecular weight excluding hydrogens is 274 g/mol. The van der Waals surface area contributed by atoms with Crippen LogP contribution in [0.4, 0.5) is 14.5 Å². The molecule has 21 heavy (non-hydrogen) atoms. The molecule has 0 fully saturated rings. The number of carbonyl (C=O) groups excluding carboxylic acids is 1. The Morgan fingerprint density at radius 2 is 1.71 bits per heavy atom. The van der Waals surface area contributed by atoms with Gasteiger partial charge in [-0.15, -0.1) is 0 Å². The van der Waals surface area contributed by atoms with Crippen molar-refractivity contribution in [1.82, 2.24) is 0 Å². The van der Waals surface area contributed by atoms with Gasteiger partial charge in [0.2, 0.25) is 5.91 Å². The second kappa shape index (κ2) is 6.14. The monoisotopic (exact) mass is 286 g/mol. The van der Waals surface area contributed by atoms with Crippen LogP contribution in [0.1, 0.15) is 11.1 Å². The zero-order chi connectivity index (χ0) is 15.4. The summed E-state index contributed by atoms with van der Waals surface area (Å²) < 4.78 is 27.1. The lowest BCUT2D eigenvalue weighted by atomic mass is 10.1. The highest BCUT2D eigenvalue weighted by molar-refractivity contribution is 5.94. The number of nitriles is 1. The molecule has 1 amide bonds. The van der Waals surface area contributed by atoms with Gasteiger partial charge >= 0.3 is 0 Å². The molecule has 0 aromatic heterocycles. The highest BCUT2D eigenvalue weighted by Gasteiger charge is 2.17. The average Bonchev–Trinajstić information content (AvgIpc) is 2.50. The number of nitrogens with zero attached hydrogens (tertiary/aromatic N) is 2. The Bertz CT molecular complexity index is 685. The van der Waals surface area contributed by atoms with Crippen molar-refractivity contribution in [3.8, 4) is 6.07 Å². The molecule has 2 rings (SSSR count). The largest absolute Gasteiger partial charge is 0.315 e. The lowest BCUT2D eigenvalue weighted by Gasteiger charge is -2.17. The van der Waals surface area contributed by atoms with Gasteiger partial charge < -0.3 is 4.90 Å². The maximum Gasteiger partial charge on any atom is 0.231 e. The number of amides is 1. The van der Waals surface area contributed by atoms with Gasteiger partial charge in [-0.2, -0.15) is 5.26 Å². The maximum absolute atomic E-state index is 13.5. The first-order chi connectivity index (χ1) is 10.0. The zero-order valence-corrected chi connectivity index (χ0v) is 11.3. The molecule has 5 heteroatoms. The number of benzene rings is 2. The molecule has 0 N–H and O–H groups in total. The highest BCUT2D eigenvalue weighted by atomic mass is 19.1. The van der Waals surface area contributed by atoms with E-state index in [1.165, 1.54) is 18.0 Å². The number of halogens is 2. The summed E-state index contributed by atoms with van der Waals surface area (Å²) in [5.74, 6) is -1.92. The van der Waals surface area contributed by atoms with E-state index >= 15 is 0 Å². The summed E-state index contributed by atoms with van der Waals surface area (Å²) in [4.78, 5) is 13.4. The number of hydrogen-bond acceptors (Lipinski definition) is 2. The topological polar surface area (TPSA) is 44.1 Å². The number of anilines is 1. The molecule has 0 aliphatic rings. The van der Waals surface area contributed by atoms with Crippen molar-refractivity contribution in [2.24, 2.45) is 0 Å². The second-order valence-corrected chi connectivity index (χ2v) is 4.49. The molecule has 0 aliphatic carbocycles. The molecule has 0 bridgehead atoms. The fourth-order valence-electron chi connectivity index (χ4n) is 1.87. The highest BCUT2D eigenvalue weighted by Crippen LogP contribution is 2.17. The third-order valence-corrected chi connectivity index (χ3v) is 3.15. The van der Waals surface area contributed by atoms with Gasteiger partial charge in [-0.25, -0.2) is 8.78 Å². The molecular formula is C16H12F2N2O. The van der Waals surface area contributed by atoms with Crippen molar-refractivity contribution in [3.05, 3.63) is 65.2 Å².